The van der Waals surface area contributed by atoms with Crippen molar-refractivity contribution in [2.24, 2.45) is 5.41 Å². The summed E-state index contributed by atoms with van der Waals surface area (Å²) in [5.74, 6) is -0.540. The van der Waals surface area contributed by atoms with Crippen LogP contribution in [-0.2, 0) is 11.3 Å². The lowest BCUT2D eigenvalue weighted by Gasteiger charge is -2.26. The van der Waals surface area contributed by atoms with Gasteiger partial charge in [0, 0.05) is 29.9 Å². The lowest BCUT2D eigenvalue weighted by Crippen LogP contribution is -2.46. The molecule has 0 bridgehead atoms. The first-order valence-electron chi connectivity index (χ1n) is 11.6. The summed E-state index contributed by atoms with van der Waals surface area (Å²) in [5.41, 5.74) is -2.01. The molecule has 0 aliphatic rings. The lowest BCUT2D eigenvalue weighted by molar-refractivity contribution is -0.211. The van der Waals surface area contributed by atoms with Crippen molar-refractivity contribution in [2.75, 3.05) is 0 Å². The van der Waals surface area contributed by atoms with E-state index in [4.69, 9.17) is 16.3 Å². The third-order valence-corrected chi connectivity index (χ3v) is 6.01. The van der Waals surface area contributed by atoms with Crippen LogP contribution in [0.1, 0.15) is 46.1 Å². The molecule has 0 spiro atoms. The Labute approximate surface area is 216 Å². The van der Waals surface area contributed by atoms with Crippen LogP contribution >= 0.6 is 11.6 Å². The number of H-pyrrole nitrogens is 1. The van der Waals surface area contributed by atoms with Crippen LogP contribution in [0.4, 0.5) is 13.2 Å². The van der Waals surface area contributed by atoms with E-state index in [0.29, 0.717) is 22.6 Å². The maximum Gasteiger partial charge on any atom is 0.402 e. The molecule has 0 radical (unpaired) electrons. The first-order valence-corrected chi connectivity index (χ1v) is 11.9. The van der Waals surface area contributed by atoms with Crippen molar-refractivity contribution in [3.05, 3.63) is 57.6 Å². The molecule has 37 heavy (non-hydrogen) atoms. The molecular weight excluding hydrogens is 511 g/mol. The summed E-state index contributed by atoms with van der Waals surface area (Å²) in [6.07, 6.45) is -1.35. The van der Waals surface area contributed by atoms with Crippen LogP contribution in [-0.4, -0.2) is 38.1 Å². The molecule has 1 atom stereocenters. The Morgan fingerprint density at radius 2 is 1.92 bits per heavy atom. The summed E-state index contributed by atoms with van der Waals surface area (Å²) >= 11 is 6.32. The van der Waals surface area contributed by atoms with E-state index in [1.807, 2.05) is 6.92 Å². The number of amides is 1. The van der Waals surface area contributed by atoms with Gasteiger partial charge in [-0.25, -0.2) is 14.8 Å². The SMILES string of the molecule is CCC[C@@H](C)Oc1ccc(-c2nc(-c3cc(CNC(=O)C(C)(C)C(F)(F)F)ccc3Cl)[nH]c(=O)n2)cn1. The Balaban J connectivity index is 1.84. The largest absolute Gasteiger partial charge is 0.475 e. The monoisotopic (exact) mass is 537 g/mol. The number of hydrogen-bond acceptors (Lipinski definition) is 6. The van der Waals surface area contributed by atoms with Crippen molar-refractivity contribution in [2.45, 2.75) is 59.4 Å². The van der Waals surface area contributed by atoms with Crippen molar-refractivity contribution < 1.29 is 22.7 Å². The number of alkyl halides is 3. The Kier molecular flexibility index (Phi) is 8.57. The molecule has 3 rings (SSSR count). The Morgan fingerprint density at radius 1 is 1.19 bits per heavy atom. The van der Waals surface area contributed by atoms with Gasteiger partial charge in [-0.1, -0.05) is 31.0 Å². The number of carbonyl (C=O) groups excluding carboxylic acids is 1. The number of halogens is 4. The zero-order valence-corrected chi connectivity index (χ0v) is 21.5. The van der Waals surface area contributed by atoms with Gasteiger partial charge in [0.1, 0.15) is 11.2 Å². The zero-order valence-electron chi connectivity index (χ0n) is 20.7. The molecule has 2 aromatic heterocycles. The van der Waals surface area contributed by atoms with Gasteiger partial charge in [0.25, 0.3) is 0 Å². The minimum Gasteiger partial charge on any atom is -0.475 e. The number of aromatic amines is 1. The second-order valence-electron chi connectivity index (χ2n) is 9.05. The van der Waals surface area contributed by atoms with Gasteiger partial charge in [-0.3, -0.25) is 9.78 Å². The standard InChI is InChI=1S/C25H27ClF3N5O3/c1-5-6-14(2)37-19-10-8-16(13-30-19)20-32-21(34-23(36)33-20)17-11-15(7-9-18(17)26)12-31-22(35)24(3,4)25(27,28)29/h7-11,13-14H,5-6,12H2,1-4H3,(H,31,35)(H,32,33,34,36)/t14-/m1/s1. The second-order valence-corrected chi connectivity index (χ2v) is 9.46. The first-order chi connectivity index (χ1) is 17.3. The normalized spacial score (nSPS) is 12.8. The Hall–Kier alpha value is -3.47. The summed E-state index contributed by atoms with van der Waals surface area (Å²) in [6, 6.07) is 7.91. The van der Waals surface area contributed by atoms with E-state index in [0.717, 1.165) is 26.7 Å². The lowest BCUT2D eigenvalue weighted by atomic mass is 9.91. The fraction of sp³-hybridized carbons (Fsp3) is 0.400. The molecule has 0 aliphatic heterocycles. The van der Waals surface area contributed by atoms with Crippen LogP contribution in [0.3, 0.4) is 0 Å². The van der Waals surface area contributed by atoms with Crippen molar-refractivity contribution in [3.63, 3.8) is 0 Å². The fourth-order valence-corrected chi connectivity index (χ4v) is 3.50. The quantitative estimate of drug-likeness (QED) is 0.382. The Bertz CT molecular complexity index is 1310. The number of aromatic nitrogens is 4. The van der Waals surface area contributed by atoms with Gasteiger partial charge in [0.2, 0.25) is 11.8 Å². The first kappa shape index (κ1) is 28.1. The van der Waals surface area contributed by atoms with Crippen LogP contribution in [0.5, 0.6) is 5.88 Å². The highest BCUT2D eigenvalue weighted by atomic mass is 35.5. The number of rotatable bonds is 9. The molecule has 0 aliphatic carbocycles. The van der Waals surface area contributed by atoms with Gasteiger partial charge in [0.15, 0.2) is 5.82 Å². The van der Waals surface area contributed by atoms with Crippen LogP contribution in [0.2, 0.25) is 5.02 Å². The van der Waals surface area contributed by atoms with Crippen LogP contribution in [0, 0.1) is 5.41 Å². The van der Waals surface area contributed by atoms with E-state index >= 15 is 0 Å². The predicted octanol–water partition coefficient (Wildman–Crippen LogP) is 5.32. The van der Waals surface area contributed by atoms with Gasteiger partial charge in [-0.2, -0.15) is 18.2 Å². The number of hydrogen-bond donors (Lipinski definition) is 2. The summed E-state index contributed by atoms with van der Waals surface area (Å²) in [4.78, 5) is 39.5. The van der Waals surface area contributed by atoms with Crippen molar-refractivity contribution in [1.82, 2.24) is 25.3 Å². The van der Waals surface area contributed by atoms with Gasteiger partial charge in [0.05, 0.1) is 11.1 Å². The number of nitrogens with zero attached hydrogens (tertiary/aromatic N) is 3. The molecule has 1 aromatic carbocycles. The van der Waals surface area contributed by atoms with Gasteiger partial charge in [-0.05, 0) is 51.0 Å². The zero-order chi connectivity index (χ0) is 27.4. The van der Waals surface area contributed by atoms with Gasteiger partial charge >= 0.3 is 11.9 Å². The minimum atomic E-state index is -4.70. The number of carbonyl (C=O) groups is 1. The second kappa shape index (κ2) is 11.3. The molecule has 0 unspecified atom stereocenters. The molecule has 2 heterocycles. The predicted molar refractivity (Wildman–Crippen MR) is 133 cm³/mol. The van der Waals surface area contributed by atoms with E-state index in [9.17, 15) is 22.8 Å². The van der Waals surface area contributed by atoms with Gasteiger partial charge in [-0.15, -0.1) is 0 Å². The highest BCUT2D eigenvalue weighted by Crippen LogP contribution is 2.37. The number of pyridine rings is 1. The smallest absolute Gasteiger partial charge is 0.402 e. The molecule has 198 valence electrons. The maximum absolute atomic E-state index is 13.1. The molecule has 3 aromatic rings. The van der Waals surface area contributed by atoms with E-state index in [1.54, 1.807) is 18.2 Å². The number of nitrogens with one attached hydrogen (secondary N) is 2. The number of benzene rings is 1. The molecule has 12 heteroatoms. The highest BCUT2D eigenvalue weighted by Gasteiger charge is 2.52. The van der Waals surface area contributed by atoms with Crippen LogP contribution in [0.25, 0.3) is 22.8 Å². The van der Waals surface area contributed by atoms with E-state index in [1.165, 1.54) is 18.3 Å². The summed E-state index contributed by atoms with van der Waals surface area (Å²) < 4.78 is 45.1. The maximum atomic E-state index is 13.1. The molecule has 8 nitrogen and oxygen atoms in total. The molecular formula is C25H27ClF3N5O3. The van der Waals surface area contributed by atoms with Crippen molar-refractivity contribution in [1.29, 1.82) is 0 Å². The van der Waals surface area contributed by atoms with Crippen LogP contribution in [0.15, 0.2) is 41.3 Å². The highest BCUT2D eigenvalue weighted by molar-refractivity contribution is 6.33. The summed E-state index contributed by atoms with van der Waals surface area (Å²) in [5, 5.41) is 2.53. The molecule has 2 N–H and O–H groups in total. The summed E-state index contributed by atoms with van der Waals surface area (Å²) in [7, 11) is 0. The third kappa shape index (κ3) is 6.85. The molecule has 0 saturated heterocycles. The minimum absolute atomic E-state index is 0.00417. The van der Waals surface area contributed by atoms with Gasteiger partial charge < -0.3 is 10.1 Å². The molecule has 0 saturated carbocycles. The van der Waals surface area contributed by atoms with E-state index in [-0.39, 0.29) is 29.3 Å². The van der Waals surface area contributed by atoms with Crippen molar-refractivity contribution >= 4 is 17.5 Å². The molecule has 0 fully saturated rings. The number of ether oxygens (including phenoxy) is 1. The van der Waals surface area contributed by atoms with E-state index in [2.05, 4.69) is 32.2 Å². The Morgan fingerprint density at radius 3 is 2.54 bits per heavy atom. The average molecular weight is 538 g/mol. The van der Waals surface area contributed by atoms with Crippen LogP contribution < -0.4 is 15.7 Å². The summed E-state index contributed by atoms with van der Waals surface area (Å²) in [6.45, 7) is 5.44. The average Bonchev–Trinajstić information content (AvgIpc) is 2.82. The topological polar surface area (TPSA) is 110 Å². The molecule has 1 amide bonds. The van der Waals surface area contributed by atoms with E-state index < -0.39 is 23.2 Å². The fourth-order valence-electron chi connectivity index (χ4n) is 3.29. The van der Waals surface area contributed by atoms with Crippen molar-refractivity contribution in [3.8, 4) is 28.7 Å². The third-order valence-electron chi connectivity index (χ3n) is 5.68.